The number of aliphatic imine (C=N–C) groups is 1. The summed E-state index contributed by atoms with van der Waals surface area (Å²) < 4.78 is 43.7. The van der Waals surface area contributed by atoms with E-state index in [1.807, 2.05) is 25.1 Å². The Morgan fingerprint density at radius 2 is 1.93 bits per heavy atom. The van der Waals surface area contributed by atoms with Crippen molar-refractivity contribution < 1.29 is 17.9 Å². The molecule has 170 valence electrons. The summed E-state index contributed by atoms with van der Waals surface area (Å²) in [6, 6.07) is 10.1. The Labute approximate surface area is 194 Å². The first-order valence-corrected chi connectivity index (χ1v) is 10.4. The van der Waals surface area contributed by atoms with Crippen LogP contribution in [-0.2, 0) is 11.3 Å². The Morgan fingerprint density at radius 3 is 2.63 bits per heavy atom. The molecule has 30 heavy (non-hydrogen) atoms. The fourth-order valence-electron chi connectivity index (χ4n) is 4.00. The lowest BCUT2D eigenvalue weighted by Gasteiger charge is -2.25. The van der Waals surface area contributed by atoms with E-state index in [1.165, 1.54) is 10.5 Å². The molecule has 1 aromatic rings. The number of hydrogen-bond acceptors (Lipinski definition) is 3. The third kappa shape index (κ3) is 8.22. The van der Waals surface area contributed by atoms with Crippen LogP contribution < -0.4 is 5.32 Å². The summed E-state index contributed by atoms with van der Waals surface area (Å²) in [5.74, 6) is 1.25. The summed E-state index contributed by atoms with van der Waals surface area (Å²) in [5.41, 5.74) is 1.17. The Morgan fingerprint density at radius 1 is 1.17 bits per heavy atom. The second kappa shape index (κ2) is 12.1. The molecular weight excluding hydrogens is 508 g/mol. The highest BCUT2D eigenvalue weighted by atomic mass is 127. The van der Waals surface area contributed by atoms with Crippen molar-refractivity contribution in [3.63, 3.8) is 0 Å². The average molecular weight is 540 g/mol. The maximum absolute atomic E-state index is 12.6. The zero-order chi connectivity index (χ0) is 20.7. The quantitative estimate of drug-likeness (QED) is 0.325. The van der Waals surface area contributed by atoms with Crippen molar-refractivity contribution >= 4 is 29.9 Å². The third-order valence-corrected chi connectivity index (χ3v) is 5.37. The van der Waals surface area contributed by atoms with E-state index in [1.54, 1.807) is 0 Å². The van der Waals surface area contributed by atoms with Gasteiger partial charge in [0.05, 0.1) is 19.8 Å². The number of benzene rings is 1. The Hall–Kier alpha value is -1.07. The first-order chi connectivity index (χ1) is 13.9. The minimum Gasteiger partial charge on any atom is -0.376 e. The maximum Gasteiger partial charge on any atom is 0.401 e. The van der Waals surface area contributed by atoms with E-state index in [2.05, 4.69) is 27.3 Å². The minimum atomic E-state index is -4.14. The highest BCUT2D eigenvalue weighted by molar-refractivity contribution is 14.0. The second-order valence-electron chi connectivity index (χ2n) is 7.88. The van der Waals surface area contributed by atoms with Crippen LogP contribution in [0.3, 0.4) is 0 Å². The standard InChI is InChI=1S/C21H31F3N4O.HI/c1-2-25-20(26-19-9-10-27(13-19)16-21(22,23)24)28-11-8-18(12-28)15-29-14-17-6-4-3-5-7-17;/h3-7,18-19H,2,8-16H2,1H3,(H,25,26);1H. The van der Waals surface area contributed by atoms with Crippen LogP contribution in [0.15, 0.2) is 35.3 Å². The van der Waals surface area contributed by atoms with Crippen molar-refractivity contribution in [3.05, 3.63) is 35.9 Å². The van der Waals surface area contributed by atoms with Crippen LogP contribution in [0.5, 0.6) is 0 Å². The van der Waals surface area contributed by atoms with Gasteiger partial charge in [-0.1, -0.05) is 30.3 Å². The normalized spacial score (nSPS) is 22.9. The lowest BCUT2D eigenvalue weighted by atomic mass is 10.1. The molecule has 0 bridgehead atoms. The monoisotopic (exact) mass is 540 g/mol. The van der Waals surface area contributed by atoms with Crippen molar-refractivity contribution in [1.29, 1.82) is 0 Å². The summed E-state index contributed by atoms with van der Waals surface area (Å²) in [6.07, 6.45) is -2.41. The van der Waals surface area contributed by atoms with E-state index >= 15 is 0 Å². The topological polar surface area (TPSA) is 40.1 Å². The number of rotatable bonds is 7. The molecule has 2 aliphatic heterocycles. The van der Waals surface area contributed by atoms with Crippen LogP contribution in [0, 0.1) is 5.92 Å². The predicted molar refractivity (Wildman–Crippen MR) is 123 cm³/mol. The Kier molecular flexibility index (Phi) is 10.2. The molecule has 0 radical (unpaired) electrons. The van der Waals surface area contributed by atoms with E-state index in [9.17, 15) is 13.2 Å². The molecule has 0 aromatic heterocycles. The molecular formula is C21H32F3IN4O. The van der Waals surface area contributed by atoms with E-state index < -0.39 is 12.7 Å². The van der Waals surface area contributed by atoms with Crippen LogP contribution >= 0.6 is 24.0 Å². The molecule has 2 aliphatic rings. The van der Waals surface area contributed by atoms with Crippen molar-refractivity contribution in [2.75, 3.05) is 45.9 Å². The maximum atomic E-state index is 12.6. The number of alkyl halides is 3. The van der Waals surface area contributed by atoms with Gasteiger partial charge in [0.2, 0.25) is 0 Å². The first-order valence-electron chi connectivity index (χ1n) is 10.4. The van der Waals surface area contributed by atoms with E-state index in [4.69, 9.17) is 4.74 Å². The van der Waals surface area contributed by atoms with Gasteiger partial charge in [0.25, 0.3) is 0 Å². The van der Waals surface area contributed by atoms with Gasteiger partial charge in [0.1, 0.15) is 0 Å². The lowest BCUT2D eigenvalue weighted by molar-refractivity contribution is -0.143. The summed E-state index contributed by atoms with van der Waals surface area (Å²) in [5, 5.41) is 3.40. The fourth-order valence-corrected chi connectivity index (χ4v) is 4.00. The molecule has 0 amide bonds. The van der Waals surface area contributed by atoms with Gasteiger partial charge < -0.3 is 15.0 Å². The van der Waals surface area contributed by atoms with Gasteiger partial charge in [0, 0.05) is 44.7 Å². The van der Waals surface area contributed by atoms with Crippen molar-refractivity contribution in [2.24, 2.45) is 10.9 Å². The molecule has 2 atom stereocenters. The lowest BCUT2D eigenvalue weighted by Crippen LogP contribution is -2.46. The van der Waals surface area contributed by atoms with Gasteiger partial charge in [-0.2, -0.15) is 13.2 Å². The van der Waals surface area contributed by atoms with Gasteiger partial charge in [-0.15, -0.1) is 24.0 Å². The number of nitrogens with one attached hydrogen (secondary N) is 1. The van der Waals surface area contributed by atoms with E-state index in [0.717, 1.165) is 25.5 Å². The molecule has 1 N–H and O–H groups in total. The molecule has 3 rings (SSSR count). The number of guanidine groups is 1. The molecule has 0 spiro atoms. The molecule has 2 unspecified atom stereocenters. The number of hydrogen-bond donors (Lipinski definition) is 1. The first kappa shape index (κ1) is 25.2. The molecule has 0 saturated carbocycles. The van der Waals surface area contributed by atoms with Crippen LogP contribution in [0.4, 0.5) is 13.2 Å². The zero-order valence-electron chi connectivity index (χ0n) is 17.4. The largest absolute Gasteiger partial charge is 0.401 e. The molecule has 0 aliphatic carbocycles. The number of halogens is 4. The smallest absolute Gasteiger partial charge is 0.376 e. The summed E-state index contributed by atoms with van der Waals surface area (Å²) in [6.45, 7) is 5.72. The molecule has 1 aromatic carbocycles. The minimum absolute atomic E-state index is 0. The van der Waals surface area contributed by atoms with Crippen molar-refractivity contribution in [2.45, 2.75) is 38.6 Å². The van der Waals surface area contributed by atoms with Gasteiger partial charge >= 0.3 is 6.18 Å². The summed E-state index contributed by atoms with van der Waals surface area (Å²) in [4.78, 5) is 8.26. The van der Waals surface area contributed by atoms with E-state index in [0.29, 0.717) is 45.2 Å². The van der Waals surface area contributed by atoms with Crippen molar-refractivity contribution in [3.8, 4) is 0 Å². The second-order valence-corrected chi connectivity index (χ2v) is 7.88. The third-order valence-electron chi connectivity index (χ3n) is 5.37. The molecule has 2 saturated heterocycles. The van der Waals surface area contributed by atoms with Crippen LogP contribution in [0.2, 0.25) is 0 Å². The molecule has 2 fully saturated rings. The van der Waals surface area contributed by atoms with Gasteiger partial charge in [-0.3, -0.25) is 9.89 Å². The summed E-state index contributed by atoms with van der Waals surface area (Å²) >= 11 is 0. The Bertz CT molecular complexity index is 659. The van der Waals surface area contributed by atoms with E-state index in [-0.39, 0.29) is 30.0 Å². The van der Waals surface area contributed by atoms with Gasteiger partial charge in [0.15, 0.2) is 5.96 Å². The molecule has 9 heteroatoms. The van der Waals surface area contributed by atoms with Crippen molar-refractivity contribution in [1.82, 2.24) is 15.1 Å². The molecule has 5 nitrogen and oxygen atoms in total. The zero-order valence-corrected chi connectivity index (χ0v) is 19.7. The molecule has 2 heterocycles. The summed E-state index contributed by atoms with van der Waals surface area (Å²) in [7, 11) is 0. The van der Waals surface area contributed by atoms with Crippen LogP contribution in [0.25, 0.3) is 0 Å². The average Bonchev–Trinajstić information content (AvgIpc) is 3.30. The number of ether oxygens (including phenoxy) is 1. The Balaban J connectivity index is 0.00000320. The van der Waals surface area contributed by atoms with Gasteiger partial charge in [-0.25, -0.2) is 0 Å². The fraction of sp³-hybridized carbons (Fsp3) is 0.667. The van der Waals surface area contributed by atoms with Gasteiger partial charge in [-0.05, 0) is 25.3 Å². The van der Waals surface area contributed by atoms with Crippen LogP contribution in [0.1, 0.15) is 25.3 Å². The number of likely N-dealkylation sites (tertiary alicyclic amines) is 2. The SMILES string of the molecule is CCN=C(NC1CCN(CC(F)(F)F)C1)N1CCC(COCc2ccccc2)C1.I. The highest BCUT2D eigenvalue weighted by Gasteiger charge is 2.35. The number of nitrogens with zero attached hydrogens (tertiary/aromatic N) is 3. The predicted octanol–water partition coefficient (Wildman–Crippen LogP) is 3.75. The highest BCUT2D eigenvalue weighted by Crippen LogP contribution is 2.21. The van der Waals surface area contributed by atoms with Crippen LogP contribution in [-0.4, -0.2) is 73.9 Å².